The van der Waals surface area contributed by atoms with Gasteiger partial charge < -0.3 is 4.57 Å². The van der Waals surface area contributed by atoms with Crippen molar-refractivity contribution < 1.29 is 0 Å². The van der Waals surface area contributed by atoms with Crippen molar-refractivity contribution >= 4 is 32.7 Å². The monoisotopic (exact) mass is 670 g/mol. The van der Waals surface area contributed by atoms with Gasteiger partial charge in [0.1, 0.15) is 5.65 Å². The Bertz CT molecular complexity index is 2240. The lowest BCUT2D eigenvalue weighted by Crippen LogP contribution is -2.01. The zero-order chi connectivity index (χ0) is 38.0. The molecule has 0 aliphatic rings. The highest BCUT2D eigenvalue weighted by atomic mass is 15.0. The third kappa shape index (κ3) is 6.05. The highest BCUT2D eigenvalue weighted by molar-refractivity contribution is 5.97. The molecule has 266 valence electrons. The maximum absolute atomic E-state index is 4.80. The van der Waals surface area contributed by atoms with Gasteiger partial charge in [0, 0.05) is 34.9 Å². The first-order chi connectivity index (χ1) is 23.1. The number of aryl methyl sites for hydroxylation is 12. The SMILES string of the molecule is Cc1c(C)c(C)c2c(C)c(C)c(C)c(C)c2c1C.Cc1nc2c(C)c(C)c(C)c(C)c2c(C)c1C.Cc1nc2c(c(C)c1C)c(C)c(C)n2C. The van der Waals surface area contributed by atoms with Crippen LogP contribution in [0.5, 0.6) is 0 Å². The van der Waals surface area contributed by atoms with Gasteiger partial charge in [0.15, 0.2) is 0 Å². The number of hydrogen-bond acceptors (Lipinski definition) is 2. The summed E-state index contributed by atoms with van der Waals surface area (Å²) in [7, 11) is 2.09. The molecule has 3 heteroatoms. The van der Waals surface area contributed by atoms with Crippen molar-refractivity contribution in [2.45, 2.75) is 138 Å². The first kappa shape index (κ1) is 38.8. The van der Waals surface area contributed by atoms with Crippen molar-refractivity contribution in [3.63, 3.8) is 0 Å². The molecule has 0 atom stereocenters. The largest absolute Gasteiger partial charge is 0.333 e. The van der Waals surface area contributed by atoms with Crippen molar-refractivity contribution in [1.29, 1.82) is 0 Å². The van der Waals surface area contributed by atoms with Crippen LogP contribution in [0.2, 0.25) is 0 Å². The molecule has 0 bridgehead atoms. The minimum Gasteiger partial charge on any atom is -0.333 e. The van der Waals surface area contributed by atoms with Crippen molar-refractivity contribution in [3.8, 4) is 0 Å². The van der Waals surface area contributed by atoms with E-state index in [0.717, 1.165) is 17.0 Å². The number of pyridine rings is 2. The molecule has 50 heavy (non-hydrogen) atoms. The Morgan fingerprint density at radius 3 is 0.980 bits per heavy atom. The lowest BCUT2D eigenvalue weighted by Gasteiger charge is -2.21. The second-order valence-corrected chi connectivity index (χ2v) is 15.3. The van der Waals surface area contributed by atoms with Crippen molar-refractivity contribution in [2.24, 2.45) is 7.05 Å². The highest BCUT2D eigenvalue weighted by Gasteiger charge is 2.17. The van der Waals surface area contributed by atoms with Crippen molar-refractivity contribution in [2.75, 3.05) is 0 Å². The Hall–Kier alpha value is -3.98. The zero-order valence-electron chi connectivity index (χ0n) is 35.3. The zero-order valence-corrected chi connectivity index (χ0v) is 35.3. The fourth-order valence-corrected chi connectivity index (χ4v) is 8.00. The van der Waals surface area contributed by atoms with E-state index in [9.17, 15) is 0 Å². The molecule has 0 radical (unpaired) electrons. The fourth-order valence-electron chi connectivity index (χ4n) is 8.00. The van der Waals surface area contributed by atoms with Crippen LogP contribution in [0.25, 0.3) is 32.7 Å². The van der Waals surface area contributed by atoms with E-state index in [1.807, 2.05) is 0 Å². The quantitative estimate of drug-likeness (QED) is 0.161. The van der Waals surface area contributed by atoms with Gasteiger partial charge in [0.2, 0.25) is 0 Å². The predicted molar refractivity (Wildman–Crippen MR) is 221 cm³/mol. The Morgan fingerprint density at radius 2 is 0.580 bits per heavy atom. The van der Waals surface area contributed by atoms with Crippen LogP contribution in [0, 0.1) is 138 Å². The maximum Gasteiger partial charge on any atom is 0.140 e. The van der Waals surface area contributed by atoms with E-state index in [0.29, 0.717) is 0 Å². The Kier molecular flexibility index (Phi) is 10.8. The van der Waals surface area contributed by atoms with Gasteiger partial charge in [0.05, 0.1) is 5.52 Å². The predicted octanol–water partition coefficient (Wildman–Crippen LogP) is 12.8. The van der Waals surface area contributed by atoms with Crippen LogP contribution in [0.1, 0.15) is 112 Å². The van der Waals surface area contributed by atoms with Crippen LogP contribution in [0.3, 0.4) is 0 Å². The van der Waals surface area contributed by atoms with Gasteiger partial charge in [-0.3, -0.25) is 4.98 Å². The third-order valence-corrected chi connectivity index (χ3v) is 13.3. The standard InChI is InChI=1S/C18H24.C16H21N.C13H18N2/c1-9-10(2)14(6)18-16(8)12(4)11(3)15(7)17(18)13(9)5;1-8-9(2)13(6)16-15(11(8)4)12(5)10(3)14(7)17-16;1-7-8(2)12-9(3)11(5)15(6)13(12)14-10(7)4/h1-8H3;1-7H3;1-6H3. The average molecular weight is 670 g/mol. The summed E-state index contributed by atoms with van der Waals surface area (Å²) in [5.41, 5.74) is 29.8. The molecule has 0 aliphatic heterocycles. The fraction of sp³-hybridized carbons (Fsp3) is 0.447. The number of aromatic nitrogens is 3. The molecule has 0 spiro atoms. The number of benzene rings is 3. The summed E-state index contributed by atoms with van der Waals surface area (Å²) in [5.74, 6) is 0. The minimum absolute atomic E-state index is 1.12. The van der Waals surface area contributed by atoms with E-state index >= 15 is 0 Å². The lowest BCUT2D eigenvalue weighted by atomic mass is 9.83. The molecular weight excluding hydrogens is 607 g/mol. The number of rotatable bonds is 0. The third-order valence-electron chi connectivity index (χ3n) is 13.3. The molecule has 0 amide bonds. The second kappa shape index (κ2) is 14.0. The van der Waals surface area contributed by atoms with Gasteiger partial charge in [-0.1, -0.05) is 0 Å². The van der Waals surface area contributed by atoms with Gasteiger partial charge in [-0.2, -0.15) is 0 Å². The van der Waals surface area contributed by atoms with Gasteiger partial charge in [0.25, 0.3) is 0 Å². The second-order valence-electron chi connectivity index (χ2n) is 15.3. The molecular formula is C47H63N3. The van der Waals surface area contributed by atoms with Gasteiger partial charge in [-0.05, 0) is 244 Å². The summed E-state index contributed by atoms with van der Waals surface area (Å²) >= 11 is 0. The molecule has 0 aliphatic carbocycles. The van der Waals surface area contributed by atoms with Crippen LogP contribution in [0.4, 0.5) is 0 Å². The van der Waals surface area contributed by atoms with Crippen LogP contribution in [-0.2, 0) is 7.05 Å². The Morgan fingerprint density at radius 1 is 0.280 bits per heavy atom. The molecule has 6 rings (SSSR count). The summed E-state index contributed by atoms with van der Waals surface area (Å²) in [6.07, 6.45) is 0. The molecule has 0 N–H and O–H groups in total. The van der Waals surface area contributed by atoms with Gasteiger partial charge >= 0.3 is 0 Å². The number of fused-ring (bicyclic) bond motifs is 3. The molecule has 0 unspecified atom stereocenters. The molecule has 6 aromatic rings. The topological polar surface area (TPSA) is 30.7 Å². The van der Waals surface area contributed by atoms with Crippen LogP contribution in [0.15, 0.2) is 0 Å². The van der Waals surface area contributed by atoms with E-state index in [-0.39, 0.29) is 0 Å². The first-order valence-corrected chi connectivity index (χ1v) is 18.3. The average Bonchev–Trinajstić information content (AvgIpc) is 3.29. The number of nitrogens with zero attached hydrogens (tertiary/aromatic N) is 3. The van der Waals surface area contributed by atoms with E-state index in [1.165, 1.54) is 127 Å². The molecule has 0 saturated heterocycles. The minimum atomic E-state index is 1.12. The summed E-state index contributed by atoms with van der Waals surface area (Å²) in [6, 6.07) is 0. The first-order valence-electron chi connectivity index (χ1n) is 18.3. The van der Waals surface area contributed by atoms with Crippen molar-refractivity contribution in [1.82, 2.24) is 14.5 Å². The molecule has 0 fully saturated rings. The highest BCUT2D eigenvalue weighted by Crippen LogP contribution is 2.37. The van der Waals surface area contributed by atoms with Crippen LogP contribution >= 0.6 is 0 Å². The summed E-state index contributed by atoms with van der Waals surface area (Å²) < 4.78 is 2.18. The summed E-state index contributed by atoms with van der Waals surface area (Å²) in [5, 5.41) is 5.65. The van der Waals surface area contributed by atoms with E-state index in [1.54, 1.807) is 0 Å². The molecule has 0 saturated carbocycles. The van der Waals surface area contributed by atoms with Crippen LogP contribution in [-0.4, -0.2) is 14.5 Å². The normalized spacial score (nSPS) is 11.3. The molecule has 3 aromatic heterocycles. The van der Waals surface area contributed by atoms with E-state index in [2.05, 4.69) is 155 Å². The Balaban J connectivity index is 0.000000169. The van der Waals surface area contributed by atoms with Crippen molar-refractivity contribution in [3.05, 3.63) is 112 Å². The summed E-state index contributed by atoms with van der Waals surface area (Å²) in [6.45, 7) is 44.1. The lowest BCUT2D eigenvalue weighted by molar-refractivity contribution is 0.891. The van der Waals surface area contributed by atoms with E-state index < -0.39 is 0 Å². The summed E-state index contributed by atoms with van der Waals surface area (Å²) in [4.78, 5) is 9.48. The molecule has 3 nitrogen and oxygen atoms in total. The maximum atomic E-state index is 4.80. The smallest absolute Gasteiger partial charge is 0.140 e. The van der Waals surface area contributed by atoms with Gasteiger partial charge in [-0.15, -0.1) is 0 Å². The Labute approximate surface area is 303 Å². The van der Waals surface area contributed by atoms with E-state index in [4.69, 9.17) is 4.98 Å². The van der Waals surface area contributed by atoms with Crippen LogP contribution < -0.4 is 0 Å². The number of hydrogen-bond donors (Lipinski definition) is 0. The van der Waals surface area contributed by atoms with Gasteiger partial charge in [-0.25, -0.2) is 4.98 Å². The molecule has 3 aromatic carbocycles. The molecule has 3 heterocycles.